The van der Waals surface area contributed by atoms with E-state index in [2.05, 4.69) is 4.98 Å². The highest BCUT2D eigenvalue weighted by Crippen LogP contribution is 2.21. The lowest BCUT2D eigenvalue weighted by Gasteiger charge is -2.02. The molecule has 0 aliphatic rings. The third-order valence-corrected chi connectivity index (χ3v) is 3.14. The molecular weight excluding hydrogens is 234 g/mol. The van der Waals surface area contributed by atoms with Crippen LogP contribution in [0.3, 0.4) is 0 Å². The second-order valence-corrected chi connectivity index (χ2v) is 4.35. The van der Waals surface area contributed by atoms with E-state index in [1.54, 1.807) is 23.9 Å². The van der Waals surface area contributed by atoms with E-state index in [1.807, 2.05) is 30.5 Å². The van der Waals surface area contributed by atoms with Crippen molar-refractivity contribution < 1.29 is 9.90 Å². The van der Waals surface area contributed by atoms with Crippen molar-refractivity contribution in [1.82, 2.24) is 4.98 Å². The van der Waals surface area contributed by atoms with Crippen LogP contribution in [0.4, 0.5) is 0 Å². The molecule has 1 heterocycles. The third kappa shape index (κ3) is 2.65. The third-order valence-electron chi connectivity index (χ3n) is 2.40. The van der Waals surface area contributed by atoms with Gasteiger partial charge in [0, 0.05) is 16.7 Å². The Balaban J connectivity index is 2.29. The van der Waals surface area contributed by atoms with E-state index in [0.29, 0.717) is 0 Å². The minimum atomic E-state index is -0.957. The topological polar surface area (TPSA) is 50.2 Å². The van der Waals surface area contributed by atoms with Crippen LogP contribution >= 0.6 is 11.8 Å². The van der Waals surface area contributed by atoms with E-state index in [4.69, 9.17) is 5.11 Å². The highest BCUT2D eigenvalue weighted by Gasteiger charge is 2.04. The fourth-order valence-corrected chi connectivity index (χ4v) is 1.86. The van der Waals surface area contributed by atoms with Crippen molar-refractivity contribution in [2.75, 3.05) is 6.26 Å². The summed E-state index contributed by atoms with van der Waals surface area (Å²) < 4.78 is 0. The maximum Gasteiger partial charge on any atom is 0.337 e. The average Bonchev–Trinajstić information content (AvgIpc) is 2.39. The van der Waals surface area contributed by atoms with Gasteiger partial charge >= 0.3 is 5.97 Å². The molecule has 0 bridgehead atoms. The summed E-state index contributed by atoms with van der Waals surface area (Å²) in [6, 6.07) is 11.3. The molecule has 86 valence electrons. The monoisotopic (exact) mass is 245 g/mol. The van der Waals surface area contributed by atoms with Gasteiger partial charge in [0.25, 0.3) is 0 Å². The van der Waals surface area contributed by atoms with Crippen molar-refractivity contribution in [1.29, 1.82) is 0 Å². The highest BCUT2D eigenvalue weighted by molar-refractivity contribution is 7.98. The number of carboxylic acids is 1. The number of hydrogen-bond acceptors (Lipinski definition) is 3. The van der Waals surface area contributed by atoms with Gasteiger partial charge < -0.3 is 5.11 Å². The summed E-state index contributed by atoms with van der Waals surface area (Å²) in [5, 5.41) is 8.77. The van der Waals surface area contributed by atoms with Crippen molar-refractivity contribution in [2.24, 2.45) is 0 Å². The standard InChI is InChI=1S/C13H11NO2S/c1-17-11-5-2-9(3-6-11)12-7-4-10(8-14-12)13(15)16/h2-8H,1H3,(H,15,16). The van der Waals surface area contributed by atoms with E-state index in [1.165, 1.54) is 11.1 Å². The number of hydrogen-bond donors (Lipinski definition) is 1. The van der Waals surface area contributed by atoms with Crippen LogP contribution < -0.4 is 0 Å². The van der Waals surface area contributed by atoms with E-state index in [-0.39, 0.29) is 5.56 Å². The zero-order valence-corrected chi connectivity index (χ0v) is 10.1. The van der Waals surface area contributed by atoms with Gasteiger partial charge in [0.05, 0.1) is 11.3 Å². The molecule has 0 unspecified atom stereocenters. The van der Waals surface area contributed by atoms with Crippen LogP contribution in [-0.4, -0.2) is 22.3 Å². The fraction of sp³-hybridized carbons (Fsp3) is 0.0769. The van der Waals surface area contributed by atoms with Gasteiger partial charge in [0.15, 0.2) is 0 Å². The maximum absolute atomic E-state index is 10.7. The number of aromatic carboxylic acids is 1. The molecule has 4 heteroatoms. The van der Waals surface area contributed by atoms with E-state index in [9.17, 15) is 4.79 Å². The Bertz CT molecular complexity index is 520. The molecule has 2 aromatic rings. The molecule has 17 heavy (non-hydrogen) atoms. The van der Waals surface area contributed by atoms with Crippen LogP contribution in [0.15, 0.2) is 47.5 Å². The first-order valence-electron chi connectivity index (χ1n) is 5.04. The van der Waals surface area contributed by atoms with Gasteiger partial charge in [-0.25, -0.2) is 4.79 Å². The van der Waals surface area contributed by atoms with Gasteiger partial charge in [0.2, 0.25) is 0 Å². The maximum atomic E-state index is 10.7. The SMILES string of the molecule is CSc1ccc(-c2ccc(C(=O)O)cn2)cc1. The molecule has 3 nitrogen and oxygen atoms in total. The Hall–Kier alpha value is -1.81. The zero-order chi connectivity index (χ0) is 12.3. The molecule has 0 saturated carbocycles. The van der Waals surface area contributed by atoms with Crippen LogP contribution in [-0.2, 0) is 0 Å². The lowest BCUT2D eigenvalue weighted by atomic mass is 10.1. The van der Waals surface area contributed by atoms with Crippen molar-refractivity contribution in [3.05, 3.63) is 48.2 Å². The quantitative estimate of drug-likeness (QED) is 0.844. The van der Waals surface area contributed by atoms with Crippen molar-refractivity contribution in [3.8, 4) is 11.3 Å². The Morgan fingerprint density at radius 3 is 2.35 bits per heavy atom. The first-order valence-corrected chi connectivity index (χ1v) is 6.27. The van der Waals surface area contributed by atoms with Gasteiger partial charge in [0.1, 0.15) is 0 Å². The van der Waals surface area contributed by atoms with E-state index >= 15 is 0 Å². The molecule has 2 rings (SSSR count). The molecule has 0 saturated heterocycles. The molecule has 0 atom stereocenters. The number of pyridine rings is 1. The van der Waals surface area contributed by atoms with Crippen LogP contribution in [0.5, 0.6) is 0 Å². The van der Waals surface area contributed by atoms with Gasteiger partial charge in [-0.1, -0.05) is 12.1 Å². The van der Waals surface area contributed by atoms with Gasteiger partial charge in [-0.2, -0.15) is 0 Å². The summed E-state index contributed by atoms with van der Waals surface area (Å²) in [7, 11) is 0. The minimum absolute atomic E-state index is 0.203. The van der Waals surface area contributed by atoms with E-state index in [0.717, 1.165) is 11.3 Å². The van der Waals surface area contributed by atoms with Crippen molar-refractivity contribution in [3.63, 3.8) is 0 Å². The smallest absolute Gasteiger partial charge is 0.337 e. The average molecular weight is 245 g/mol. The molecule has 0 radical (unpaired) electrons. The summed E-state index contributed by atoms with van der Waals surface area (Å²) in [6.45, 7) is 0. The van der Waals surface area contributed by atoms with Crippen LogP contribution in [0.25, 0.3) is 11.3 Å². The number of nitrogens with zero attached hydrogens (tertiary/aromatic N) is 1. The number of carbonyl (C=O) groups is 1. The van der Waals surface area contributed by atoms with Gasteiger partial charge in [-0.3, -0.25) is 4.98 Å². The molecule has 1 aromatic carbocycles. The second-order valence-electron chi connectivity index (χ2n) is 3.47. The van der Waals surface area contributed by atoms with Crippen LogP contribution in [0.1, 0.15) is 10.4 Å². The number of thioether (sulfide) groups is 1. The highest BCUT2D eigenvalue weighted by atomic mass is 32.2. The van der Waals surface area contributed by atoms with Gasteiger partial charge in [-0.15, -0.1) is 11.8 Å². The molecule has 0 amide bonds. The number of rotatable bonds is 3. The Morgan fingerprint density at radius 1 is 1.18 bits per heavy atom. The minimum Gasteiger partial charge on any atom is -0.478 e. The first-order chi connectivity index (χ1) is 8.20. The Labute approximate surface area is 104 Å². The number of benzene rings is 1. The lowest BCUT2D eigenvalue weighted by Crippen LogP contribution is -1.96. The second kappa shape index (κ2) is 5.01. The van der Waals surface area contributed by atoms with Gasteiger partial charge in [-0.05, 0) is 30.5 Å². The largest absolute Gasteiger partial charge is 0.478 e. The number of carboxylic acid groups (broad SMARTS) is 1. The molecular formula is C13H11NO2S. The Kier molecular flexibility index (Phi) is 3.44. The molecule has 1 N–H and O–H groups in total. The fourth-order valence-electron chi connectivity index (χ4n) is 1.45. The normalized spacial score (nSPS) is 10.2. The molecule has 0 fully saturated rings. The van der Waals surface area contributed by atoms with Crippen LogP contribution in [0.2, 0.25) is 0 Å². The summed E-state index contributed by atoms with van der Waals surface area (Å²) in [5.41, 5.74) is 1.97. The van der Waals surface area contributed by atoms with Crippen LogP contribution in [0, 0.1) is 0 Å². The molecule has 0 aliphatic heterocycles. The summed E-state index contributed by atoms with van der Waals surface area (Å²) in [4.78, 5) is 16.0. The Morgan fingerprint density at radius 2 is 1.88 bits per heavy atom. The first kappa shape index (κ1) is 11.7. The summed E-state index contributed by atoms with van der Waals surface area (Å²) >= 11 is 1.68. The number of aromatic nitrogens is 1. The van der Waals surface area contributed by atoms with E-state index < -0.39 is 5.97 Å². The van der Waals surface area contributed by atoms with Crippen molar-refractivity contribution >= 4 is 17.7 Å². The predicted molar refractivity (Wildman–Crippen MR) is 68.4 cm³/mol. The van der Waals surface area contributed by atoms with Crippen molar-refractivity contribution in [2.45, 2.75) is 4.90 Å². The lowest BCUT2D eigenvalue weighted by molar-refractivity contribution is 0.0696. The summed E-state index contributed by atoms with van der Waals surface area (Å²) in [6.07, 6.45) is 3.40. The summed E-state index contributed by atoms with van der Waals surface area (Å²) in [5.74, 6) is -0.957. The predicted octanol–water partition coefficient (Wildman–Crippen LogP) is 3.17. The molecule has 0 spiro atoms. The molecule has 0 aliphatic carbocycles. The molecule has 1 aromatic heterocycles. The zero-order valence-electron chi connectivity index (χ0n) is 9.25.